The van der Waals surface area contributed by atoms with E-state index in [2.05, 4.69) is 9.88 Å². The number of rotatable bonds is 3. The van der Waals surface area contributed by atoms with Gasteiger partial charge in [0.25, 0.3) is 5.56 Å². The SMILES string of the molecule is CS(=O)(=O)N1CCN(Cc2cc(=O)n3ccsc3n2)CC1. The van der Waals surface area contributed by atoms with Gasteiger partial charge in [-0.1, -0.05) is 0 Å². The zero-order chi connectivity index (χ0) is 15.0. The van der Waals surface area contributed by atoms with Gasteiger partial charge in [-0.3, -0.25) is 14.1 Å². The summed E-state index contributed by atoms with van der Waals surface area (Å²) in [5, 5.41) is 1.83. The molecule has 3 rings (SSSR count). The van der Waals surface area contributed by atoms with E-state index >= 15 is 0 Å². The zero-order valence-electron chi connectivity index (χ0n) is 11.6. The van der Waals surface area contributed by atoms with Crippen molar-refractivity contribution in [3.8, 4) is 0 Å². The molecule has 1 saturated heterocycles. The molecule has 114 valence electrons. The highest BCUT2D eigenvalue weighted by Gasteiger charge is 2.23. The fourth-order valence-corrected chi connectivity index (χ4v) is 3.98. The number of fused-ring (bicyclic) bond motifs is 1. The van der Waals surface area contributed by atoms with Gasteiger partial charge in [-0.2, -0.15) is 4.31 Å². The molecular weight excluding hydrogens is 312 g/mol. The molecule has 0 radical (unpaired) electrons. The van der Waals surface area contributed by atoms with Crippen LogP contribution >= 0.6 is 11.3 Å². The van der Waals surface area contributed by atoms with Crippen LogP contribution in [-0.2, 0) is 16.6 Å². The minimum Gasteiger partial charge on any atom is -0.295 e. The molecule has 1 fully saturated rings. The molecular formula is C12H16N4O3S2. The molecule has 0 saturated carbocycles. The van der Waals surface area contributed by atoms with Gasteiger partial charge in [-0.05, 0) is 0 Å². The van der Waals surface area contributed by atoms with Gasteiger partial charge in [0.05, 0.1) is 11.9 Å². The molecule has 0 bridgehead atoms. The average Bonchev–Trinajstić information content (AvgIpc) is 2.87. The first-order valence-electron chi connectivity index (χ1n) is 6.57. The number of sulfonamides is 1. The van der Waals surface area contributed by atoms with Crippen LogP contribution in [0, 0.1) is 0 Å². The lowest BCUT2D eigenvalue weighted by molar-refractivity contribution is 0.180. The van der Waals surface area contributed by atoms with E-state index in [0.29, 0.717) is 37.7 Å². The van der Waals surface area contributed by atoms with Crippen LogP contribution in [0.4, 0.5) is 0 Å². The van der Waals surface area contributed by atoms with Crippen LogP contribution in [0.5, 0.6) is 0 Å². The highest BCUT2D eigenvalue weighted by molar-refractivity contribution is 7.88. The third-order valence-corrected chi connectivity index (χ3v) is 5.60. The van der Waals surface area contributed by atoms with Gasteiger partial charge in [0.2, 0.25) is 10.0 Å². The summed E-state index contributed by atoms with van der Waals surface area (Å²) < 4.78 is 25.9. The largest absolute Gasteiger partial charge is 0.295 e. The van der Waals surface area contributed by atoms with Gasteiger partial charge in [-0.15, -0.1) is 11.3 Å². The zero-order valence-corrected chi connectivity index (χ0v) is 13.2. The van der Waals surface area contributed by atoms with Crippen LogP contribution < -0.4 is 5.56 Å². The van der Waals surface area contributed by atoms with E-state index in [9.17, 15) is 13.2 Å². The van der Waals surface area contributed by atoms with Crippen molar-refractivity contribution >= 4 is 26.3 Å². The Morgan fingerprint density at radius 3 is 2.67 bits per heavy atom. The number of hydrogen-bond donors (Lipinski definition) is 0. The first-order chi connectivity index (χ1) is 9.93. The number of piperazine rings is 1. The van der Waals surface area contributed by atoms with E-state index in [1.54, 1.807) is 12.3 Å². The predicted octanol–water partition coefficient (Wildman–Crippen LogP) is -0.167. The van der Waals surface area contributed by atoms with Gasteiger partial charge in [0.15, 0.2) is 4.96 Å². The Kier molecular flexibility index (Phi) is 3.82. The molecule has 2 aromatic heterocycles. The molecule has 1 aliphatic rings. The minimum absolute atomic E-state index is 0.0778. The number of thiazole rings is 1. The summed E-state index contributed by atoms with van der Waals surface area (Å²) in [6.07, 6.45) is 2.94. The summed E-state index contributed by atoms with van der Waals surface area (Å²) in [6.45, 7) is 2.84. The molecule has 3 heterocycles. The van der Waals surface area contributed by atoms with E-state index in [1.807, 2.05) is 5.38 Å². The third kappa shape index (κ3) is 3.15. The Morgan fingerprint density at radius 2 is 2.00 bits per heavy atom. The molecule has 0 unspecified atom stereocenters. The summed E-state index contributed by atoms with van der Waals surface area (Å²) in [7, 11) is -3.11. The van der Waals surface area contributed by atoms with Crippen LogP contribution in [0.15, 0.2) is 22.4 Å². The molecule has 0 spiro atoms. The molecule has 2 aromatic rings. The lowest BCUT2D eigenvalue weighted by Crippen LogP contribution is -2.48. The predicted molar refractivity (Wildman–Crippen MR) is 81.0 cm³/mol. The van der Waals surface area contributed by atoms with Crippen molar-refractivity contribution in [3.63, 3.8) is 0 Å². The van der Waals surface area contributed by atoms with E-state index in [1.165, 1.54) is 26.3 Å². The molecule has 0 N–H and O–H groups in total. The smallest absolute Gasteiger partial charge is 0.258 e. The van der Waals surface area contributed by atoms with E-state index in [-0.39, 0.29) is 5.56 Å². The Morgan fingerprint density at radius 1 is 1.29 bits per heavy atom. The van der Waals surface area contributed by atoms with E-state index < -0.39 is 10.0 Å². The number of nitrogens with zero attached hydrogens (tertiary/aromatic N) is 4. The topological polar surface area (TPSA) is 75.0 Å². The van der Waals surface area contributed by atoms with Crippen molar-refractivity contribution in [1.29, 1.82) is 0 Å². The van der Waals surface area contributed by atoms with Crippen molar-refractivity contribution in [2.45, 2.75) is 6.54 Å². The van der Waals surface area contributed by atoms with Crippen molar-refractivity contribution in [3.05, 3.63) is 33.7 Å². The molecule has 9 heteroatoms. The highest BCUT2D eigenvalue weighted by Crippen LogP contribution is 2.11. The van der Waals surface area contributed by atoms with Crippen LogP contribution in [0.1, 0.15) is 5.69 Å². The van der Waals surface area contributed by atoms with Crippen LogP contribution in [0.25, 0.3) is 4.96 Å². The fourth-order valence-electron chi connectivity index (χ4n) is 2.42. The molecule has 0 aromatic carbocycles. The average molecular weight is 328 g/mol. The summed E-state index contributed by atoms with van der Waals surface area (Å²) >= 11 is 1.43. The van der Waals surface area contributed by atoms with Crippen molar-refractivity contribution in [2.75, 3.05) is 32.4 Å². The molecule has 0 amide bonds. The summed E-state index contributed by atoms with van der Waals surface area (Å²) in [4.78, 5) is 19.2. The lowest BCUT2D eigenvalue weighted by atomic mass is 10.3. The highest BCUT2D eigenvalue weighted by atomic mass is 32.2. The maximum atomic E-state index is 11.9. The standard InChI is InChI=1S/C12H16N4O3S2/c1-21(18,19)15-4-2-14(3-5-15)9-10-8-11(17)16-6-7-20-12(16)13-10/h6-8H,2-5,9H2,1H3. The van der Waals surface area contributed by atoms with E-state index in [4.69, 9.17) is 0 Å². The van der Waals surface area contributed by atoms with Gasteiger partial charge >= 0.3 is 0 Å². The normalized spacial score (nSPS) is 18.3. The number of aromatic nitrogens is 2. The minimum atomic E-state index is -3.11. The quantitative estimate of drug-likeness (QED) is 0.782. The fraction of sp³-hybridized carbons (Fsp3) is 0.500. The first-order valence-corrected chi connectivity index (χ1v) is 9.29. The van der Waals surface area contributed by atoms with Crippen molar-refractivity contribution < 1.29 is 8.42 Å². The second-order valence-electron chi connectivity index (χ2n) is 5.08. The molecule has 1 aliphatic heterocycles. The monoisotopic (exact) mass is 328 g/mol. The molecule has 0 aliphatic carbocycles. The number of hydrogen-bond acceptors (Lipinski definition) is 6. The maximum absolute atomic E-state index is 11.9. The lowest BCUT2D eigenvalue weighted by Gasteiger charge is -2.32. The Labute approximate surface area is 126 Å². The van der Waals surface area contributed by atoms with Crippen LogP contribution in [-0.4, -0.2) is 59.4 Å². The van der Waals surface area contributed by atoms with Crippen LogP contribution in [0.3, 0.4) is 0 Å². The maximum Gasteiger partial charge on any atom is 0.258 e. The van der Waals surface area contributed by atoms with Crippen molar-refractivity contribution in [2.24, 2.45) is 0 Å². The van der Waals surface area contributed by atoms with Crippen LogP contribution in [0.2, 0.25) is 0 Å². The molecule has 21 heavy (non-hydrogen) atoms. The molecule has 0 atom stereocenters. The summed E-state index contributed by atoms with van der Waals surface area (Å²) in [5.41, 5.74) is 0.654. The second-order valence-corrected chi connectivity index (χ2v) is 7.93. The summed E-state index contributed by atoms with van der Waals surface area (Å²) in [5.74, 6) is 0. The molecule has 7 nitrogen and oxygen atoms in total. The Hall–Kier alpha value is -1.29. The van der Waals surface area contributed by atoms with Gasteiger partial charge in [-0.25, -0.2) is 13.4 Å². The first kappa shape index (κ1) is 14.6. The van der Waals surface area contributed by atoms with Gasteiger partial charge in [0.1, 0.15) is 0 Å². The third-order valence-electron chi connectivity index (χ3n) is 3.54. The van der Waals surface area contributed by atoms with E-state index in [0.717, 1.165) is 5.69 Å². The Bertz CT molecular complexity index is 803. The van der Waals surface area contributed by atoms with Crippen molar-refractivity contribution in [1.82, 2.24) is 18.6 Å². The summed E-state index contributed by atoms with van der Waals surface area (Å²) in [6, 6.07) is 1.54. The second kappa shape index (κ2) is 5.48. The van der Waals surface area contributed by atoms with Gasteiger partial charge < -0.3 is 0 Å². The Balaban J connectivity index is 1.71. The van der Waals surface area contributed by atoms with Gasteiger partial charge in [0, 0.05) is 50.4 Å².